The minimum Gasteiger partial charge on any atom is -0.454 e. The highest BCUT2D eigenvalue weighted by molar-refractivity contribution is 5.45. The first-order valence-corrected chi connectivity index (χ1v) is 6.41. The van der Waals surface area contributed by atoms with Crippen LogP contribution in [0.2, 0.25) is 0 Å². The Bertz CT molecular complexity index is 551. The maximum atomic E-state index is 9.58. The summed E-state index contributed by atoms with van der Waals surface area (Å²) in [5, 5.41) is 9.58. The molecule has 1 heterocycles. The molecule has 0 saturated carbocycles. The smallest absolute Gasteiger partial charge is 0.231 e. The fourth-order valence-corrected chi connectivity index (χ4v) is 2.37. The summed E-state index contributed by atoms with van der Waals surface area (Å²) < 4.78 is 10.7. The van der Waals surface area contributed by atoms with Crippen LogP contribution in [-0.4, -0.2) is 18.5 Å². The van der Waals surface area contributed by atoms with Crippen LogP contribution in [0.5, 0.6) is 11.5 Å². The number of fused-ring (bicyclic) bond motifs is 1. The van der Waals surface area contributed by atoms with E-state index in [4.69, 9.17) is 9.47 Å². The van der Waals surface area contributed by atoms with Gasteiger partial charge >= 0.3 is 0 Å². The lowest BCUT2D eigenvalue weighted by Crippen LogP contribution is -2.07. The third kappa shape index (κ3) is 2.56. The molecule has 2 aromatic rings. The summed E-state index contributed by atoms with van der Waals surface area (Å²) in [7, 11) is 0. The number of aliphatic hydroxyl groups excluding tert-OH is 1. The minimum absolute atomic E-state index is 0.113. The van der Waals surface area contributed by atoms with Crippen LogP contribution < -0.4 is 9.47 Å². The van der Waals surface area contributed by atoms with Crippen LogP contribution in [0.15, 0.2) is 48.5 Å². The second kappa shape index (κ2) is 5.33. The zero-order valence-electron chi connectivity index (χ0n) is 10.6. The van der Waals surface area contributed by atoms with Crippen molar-refractivity contribution >= 4 is 0 Å². The van der Waals surface area contributed by atoms with Crippen molar-refractivity contribution in [2.75, 3.05) is 13.4 Å². The Labute approximate surface area is 112 Å². The van der Waals surface area contributed by atoms with E-state index >= 15 is 0 Å². The van der Waals surface area contributed by atoms with E-state index in [1.807, 2.05) is 48.5 Å². The van der Waals surface area contributed by atoms with Crippen LogP contribution >= 0.6 is 0 Å². The normalized spacial score (nSPS) is 14.4. The second-order valence-electron chi connectivity index (χ2n) is 4.68. The summed E-state index contributed by atoms with van der Waals surface area (Å²) in [6, 6.07) is 16.0. The molecule has 0 amide bonds. The first-order valence-electron chi connectivity index (χ1n) is 6.41. The summed E-state index contributed by atoms with van der Waals surface area (Å²) >= 11 is 0. The Balaban J connectivity index is 1.80. The highest BCUT2D eigenvalue weighted by Gasteiger charge is 2.16. The molecule has 3 nitrogen and oxygen atoms in total. The van der Waals surface area contributed by atoms with Crippen molar-refractivity contribution in [3.05, 3.63) is 59.7 Å². The predicted molar refractivity (Wildman–Crippen MR) is 72.5 cm³/mol. The zero-order valence-corrected chi connectivity index (χ0v) is 10.6. The summed E-state index contributed by atoms with van der Waals surface area (Å²) in [6.07, 6.45) is 0.789. The average molecular weight is 256 g/mol. The fraction of sp³-hybridized carbons (Fsp3) is 0.250. The molecule has 0 saturated heterocycles. The van der Waals surface area contributed by atoms with Gasteiger partial charge in [0.05, 0.1) is 6.61 Å². The maximum absolute atomic E-state index is 9.58. The van der Waals surface area contributed by atoms with Gasteiger partial charge in [-0.15, -0.1) is 0 Å². The average Bonchev–Trinajstić information content (AvgIpc) is 2.93. The molecular weight excluding hydrogens is 240 g/mol. The Kier molecular flexibility index (Phi) is 3.38. The van der Waals surface area contributed by atoms with Gasteiger partial charge in [0.15, 0.2) is 11.5 Å². The lowest BCUT2D eigenvalue weighted by atomic mass is 9.92. The van der Waals surface area contributed by atoms with Gasteiger partial charge in [0.1, 0.15) is 0 Å². The van der Waals surface area contributed by atoms with E-state index in [9.17, 15) is 5.11 Å². The highest BCUT2D eigenvalue weighted by Crippen LogP contribution is 2.33. The van der Waals surface area contributed by atoms with Gasteiger partial charge in [0, 0.05) is 5.92 Å². The molecule has 0 aromatic heterocycles. The van der Waals surface area contributed by atoms with Crippen molar-refractivity contribution < 1.29 is 14.6 Å². The first kappa shape index (κ1) is 12.1. The molecule has 2 aromatic carbocycles. The highest BCUT2D eigenvalue weighted by atomic mass is 16.7. The van der Waals surface area contributed by atoms with Crippen LogP contribution in [0.4, 0.5) is 0 Å². The molecule has 1 unspecified atom stereocenters. The lowest BCUT2D eigenvalue weighted by molar-refractivity contribution is 0.174. The third-order valence-electron chi connectivity index (χ3n) is 3.41. The van der Waals surface area contributed by atoms with Crippen LogP contribution in [0, 0.1) is 0 Å². The van der Waals surface area contributed by atoms with E-state index in [1.165, 1.54) is 0 Å². The molecule has 1 aliphatic rings. The topological polar surface area (TPSA) is 38.7 Å². The van der Waals surface area contributed by atoms with E-state index in [1.54, 1.807) is 0 Å². The second-order valence-corrected chi connectivity index (χ2v) is 4.68. The maximum Gasteiger partial charge on any atom is 0.231 e. The quantitative estimate of drug-likeness (QED) is 0.914. The number of aliphatic hydroxyl groups is 1. The number of rotatable bonds is 4. The molecule has 3 rings (SSSR count). The van der Waals surface area contributed by atoms with Gasteiger partial charge in [-0.25, -0.2) is 0 Å². The summed E-state index contributed by atoms with van der Waals surface area (Å²) in [6.45, 7) is 0.430. The third-order valence-corrected chi connectivity index (χ3v) is 3.41. The molecule has 0 aliphatic carbocycles. The van der Waals surface area contributed by atoms with Crippen LogP contribution in [0.1, 0.15) is 17.0 Å². The fourth-order valence-electron chi connectivity index (χ4n) is 2.37. The largest absolute Gasteiger partial charge is 0.454 e. The Morgan fingerprint density at radius 1 is 1.00 bits per heavy atom. The van der Waals surface area contributed by atoms with Crippen molar-refractivity contribution in [2.45, 2.75) is 12.3 Å². The summed E-state index contributed by atoms with van der Waals surface area (Å²) in [5.41, 5.74) is 2.30. The molecule has 0 spiro atoms. The van der Waals surface area contributed by atoms with Gasteiger partial charge in [0.25, 0.3) is 0 Å². The monoisotopic (exact) mass is 256 g/mol. The molecule has 1 atom stereocenters. The Morgan fingerprint density at radius 3 is 2.58 bits per heavy atom. The number of ether oxygens (including phenoxy) is 2. The molecule has 0 fully saturated rings. The van der Waals surface area contributed by atoms with Gasteiger partial charge in [-0.05, 0) is 29.7 Å². The van der Waals surface area contributed by atoms with Crippen molar-refractivity contribution in [2.24, 2.45) is 0 Å². The molecule has 98 valence electrons. The number of hydrogen-bond donors (Lipinski definition) is 1. The predicted octanol–water partition coefficient (Wildman–Crippen LogP) is 2.73. The summed E-state index contributed by atoms with van der Waals surface area (Å²) in [5.74, 6) is 1.70. The molecule has 1 N–H and O–H groups in total. The van der Waals surface area contributed by atoms with Crippen molar-refractivity contribution in [3.8, 4) is 11.5 Å². The molecule has 1 aliphatic heterocycles. The van der Waals surface area contributed by atoms with Crippen molar-refractivity contribution in [3.63, 3.8) is 0 Å². The van der Waals surface area contributed by atoms with E-state index < -0.39 is 0 Å². The molecule has 0 radical (unpaired) electrons. The Morgan fingerprint density at radius 2 is 1.79 bits per heavy atom. The van der Waals surface area contributed by atoms with Crippen molar-refractivity contribution in [1.29, 1.82) is 0 Å². The van der Waals surface area contributed by atoms with E-state index in [0.717, 1.165) is 29.0 Å². The number of benzene rings is 2. The van der Waals surface area contributed by atoms with Gasteiger partial charge in [0.2, 0.25) is 6.79 Å². The van der Waals surface area contributed by atoms with Crippen LogP contribution in [0.3, 0.4) is 0 Å². The van der Waals surface area contributed by atoms with Gasteiger partial charge in [-0.2, -0.15) is 0 Å². The van der Waals surface area contributed by atoms with E-state index in [-0.39, 0.29) is 12.5 Å². The molecular formula is C16H16O3. The first-order chi connectivity index (χ1) is 9.36. The van der Waals surface area contributed by atoms with E-state index in [0.29, 0.717) is 6.79 Å². The van der Waals surface area contributed by atoms with Crippen LogP contribution in [-0.2, 0) is 6.42 Å². The molecule has 19 heavy (non-hydrogen) atoms. The van der Waals surface area contributed by atoms with Gasteiger partial charge in [-0.3, -0.25) is 0 Å². The van der Waals surface area contributed by atoms with E-state index in [2.05, 4.69) is 0 Å². The Hall–Kier alpha value is -2.00. The minimum atomic E-state index is 0.113. The lowest BCUT2D eigenvalue weighted by Gasteiger charge is -2.14. The zero-order chi connectivity index (χ0) is 13.1. The standard InChI is InChI=1S/C16H16O3/c17-10-14(13-4-2-1-3-5-13)8-12-6-7-15-16(9-12)19-11-18-15/h1-7,9,14,17H,8,10-11H2. The van der Waals surface area contributed by atoms with Crippen LogP contribution in [0.25, 0.3) is 0 Å². The molecule has 3 heteroatoms. The SMILES string of the molecule is OCC(Cc1ccc2c(c1)OCO2)c1ccccc1. The van der Waals surface area contributed by atoms with Gasteiger partial charge < -0.3 is 14.6 Å². The van der Waals surface area contributed by atoms with Gasteiger partial charge in [-0.1, -0.05) is 36.4 Å². The van der Waals surface area contributed by atoms with Crippen molar-refractivity contribution in [1.82, 2.24) is 0 Å². The molecule has 0 bridgehead atoms. The summed E-state index contributed by atoms with van der Waals surface area (Å²) in [4.78, 5) is 0. The number of hydrogen-bond acceptors (Lipinski definition) is 3.